The van der Waals surface area contributed by atoms with Crippen LogP contribution < -0.4 is 4.74 Å². The number of hydrogen-bond donors (Lipinski definition) is 0. The van der Waals surface area contributed by atoms with Crippen molar-refractivity contribution in [3.63, 3.8) is 0 Å². The maximum absolute atomic E-state index is 5.85. The second-order valence-corrected chi connectivity index (χ2v) is 7.93. The van der Waals surface area contributed by atoms with Gasteiger partial charge >= 0.3 is 0 Å². The zero-order chi connectivity index (χ0) is 17.4. The number of nitrogens with zero attached hydrogens (tertiary/aromatic N) is 1. The fraction of sp³-hybridized carbons (Fsp3) is 0.364. The second-order valence-electron chi connectivity index (χ2n) is 6.88. The van der Waals surface area contributed by atoms with Gasteiger partial charge in [-0.15, -0.1) is 0 Å². The SMILES string of the molecule is CCOc1ccc2c(c1C)Sc1ccccc1C2=C1CCN(C)CC1. The minimum absolute atomic E-state index is 0.709. The van der Waals surface area contributed by atoms with Crippen LogP contribution in [-0.2, 0) is 0 Å². The van der Waals surface area contributed by atoms with Crippen molar-refractivity contribution in [3.8, 4) is 5.75 Å². The normalized spacial score (nSPS) is 17.2. The van der Waals surface area contributed by atoms with Crippen LogP contribution >= 0.6 is 11.8 Å². The molecule has 0 saturated carbocycles. The van der Waals surface area contributed by atoms with Gasteiger partial charge in [0.05, 0.1) is 6.61 Å². The van der Waals surface area contributed by atoms with Crippen molar-refractivity contribution >= 4 is 17.3 Å². The summed E-state index contributed by atoms with van der Waals surface area (Å²) in [4.78, 5) is 5.16. The van der Waals surface area contributed by atoms with Gasteiger partial charge in [0.2, 0.25) is 0 Å². The van der Waals surface area contributed by atoms with Gasteiger partial charge in [-0.2, -0.15) is 0 Å². The van der Waals surface area contributed by atoms with E-state index in [4.69, 9.17) is 4.74 Å². The number of fused-ring (bicyclic) bond motifs is 2. The highest BCUT2D eigenvalue weighted by atomic mass is 32.2. The van der Waals surface area contributed by atoms with Crippen molar-refractivity contribution in [1.29, 1.82) is 0 Å². The third kappa shape index (κ3) is 3.00. The third-order valence-corrected chi connectivity index (χ3v) is 6.54. The van der Waals surface area contributed by atoms with Gasteiger partial charge in [-0.05, 0) is 68.6 Å². The smallest absolute Gasteiger partial charge is 0.123 e. The fourth-order valence-electron chi connectivity index (χ4n) is 3.85. The number of benzene rings is 2. The van der Waals surface area contributed by atoms with E-state index in [1.165, 1.54) is 32.1 Å². The number of rotatable bonds is 2. The summed E-state index contributed by atoms with van der Waals surface area (Å²) in [5.74, 6) is 1.01. The zero-order valence-corrected chi connectivity index (χ0v) is 16.1. The van der Waals surface area contributed by atoms with E-state index in [1.54, 1.807) is 5.57 Å². The van der Waals surface area contributed by atoms with Crippen LogP contribution in [0.3, 0.4) is 0 Å². The Morgan fingerprint density at radius 3 is 2.56 bits per heavy atom. The Kier molecular flexibility index (Phi) is 4.61. The van der Waals surface area contributed by atoms with Crippen LogP contribution in [-0.4, -0.2) is 31.6 Å². The lowest BCUT2D eigenvalue weighted by Gasteiger charge is -2.31. The molecule has 25 heavy (non-hydrogen) atoms. The van der Waals surface area contributed by atoms with Gasteiger partial charge in [-0.3, -0.25) is 0 Å². The molecular weight excluding hydrogens is 326 g/mol. The van der Waals surface area contributed by atoms with Crippen molar-refractivity contribution in [2.75, 3.05) is 26.7 Å². The monoisotopic (exact) mass is 351 g/mol. The summed E-state index contributed by atoms with van der Waals surface area (Å²) in [6, 6.07) is 13.3. The topological polar surface area (TPSA) is 12.5 Å². The number of piperidine rings is 1. The van der Waals surface area contributed by atoms with Crippen molar-refractivity contribution in [2.45, 2.75) is 36.5 Å². The van der Waals surface area contributed by atoms with E-state index in [9.17, 15) is 0 Å². The van der Waals surface area contributed by atoms with Crippen LogP contribution in [0.1, 0.15) is 36.5 Å². The van der Waals surface area contributed by atoms with E-state index in [0.717, 1.165) is 31.7 Å². The van der Waals surface area contributed by atoms with Crippen molar-refractivity contribution in [1.82, 2.24) is 4.90 Å². The van der Waals surface area contributed by atoms with Crippen molar-refractivity contribution in [3.05, 3.63) is 58.7 Å². The summed E-state index contributed by atoms with van der Waals surface area (Å²) >= 11 is 1.89. The van der Waals surface area contributed by atoms with E-state index < -0.39 is 0 Å². The zero-order valence-electron chi connectivity index (χ0n) is 15.3. The molecule has 0 aliphatic carbocycles. The maximum Gasteiger partial charge on any atom is 0.123 e. The Labute approximate surface area is 154 Å². The van der Waals surface area contributed by atoms with E-state index in [-0.39, 0.29) is 0 Å². The molecular formula is C22H25NOS. The van der Waals surface area contributed by atoms with Gasteiger partial charge < -0.3 is 9.64 Å². The summed E-state index contributed by atoms with van der Waals surface area (Å²) in [5.41, 5.74) is 7.15. The lowest BCUT2D eigenvalue weighted by atomic mass is 9.87. The molecule has 3 heteroatoms. The summed E-state index contributed by atoms with van der Waals surface area (Å²) in [7, 11) is 2.22. The summed E-state index contributed by atoms with van der Waals surface area (Å²) < 4.78 is 5.85. The standard InChI is InChI=1S/C22H25NOS/c1-4-24-19-10-9-18-21(16-11-13-23(3)14-12-16)17-7-5-6-8-20(17)25-22(18)15(19)2/h5-10H,4,11-14H2,1-3H3. The van der Waals surface area contributed by atoms with Gasteiger partial charge in [-0.1, -0.05) is 35.5 Å². The van der Waals surface area contributed by atoms with Crippen LogP contribution in [0.25, 0.3) is 5.57 Å². The molecule has 2 aromatic carbocycles. The van der Waals surface area contributed by atoms with Crippen LogP contribution in [0.4, 0.5) is 0 Å². The molecule has 2 aliphatic rings. The van der Waals surface area contributed by atoms with Gasteiger partial charge in [0.1, 0.15) is 5.75 Å². The van der Waals surface area contributed by atoms with Crippen LogP contribution in [0.5, 0.6) is 5.75 Å². The largest absolute Gasteiger partial charge is 0.494 e. The fourth-order valence-corrected chi connectivity index (χ4v) is 5.03. The first-order valence-electron chi connectivity index (χ1n) is 9.13. The Morgan fingerprint density at radius 2 is 1.80 bits per heavy atom. The molecule has 2 aliphatic heterocycles. The summed E-state index contributed by atoms with van der Waals surface area (Å²) in [6.45, 7) is 7.26. The van der Waals surface area contributed by atoms with Gasteiger partial charge in [0.25, 0.3) is 0 Å². The Balaban J connectivity index is 1.90. The van der Waals surface area contributed by atoms with Crippen molar-refractivity contribution < 1.29 is 4.74 Å². The molecule has 0 bridgehead atoms. The third-order valence-electron chi connectivity index (χ3n) is 5.24. The van der Waals surface area contributed by atoms with E-state index >= 15 is 0 Å². The van der Waals surface area contributed by atoms with Gasteiger partial charge in [0, 0.05) is 28.4 Å². The molecule has 0 unspecified atom stereocenters. The average molecular weight is 352 g/mol. The molecule has 2 heterocycles. The molecule has 0 atom stereocenters. The number of hydrogen-bond acceptors (Lipinski definition) is 3. The maximum atomic E-state index is 5.85. The molecule has 2 nitrogen and oxygen atoms in total. The minimum atomic E-state index is 0.709. The van der Waals surface area contributed by atoms with Gasteiger partial charge in [0.15, 0.2) is 0 Å². The van der Waals surface area contributed by atoms with Gasteiger partial charge in [-0.25, -0.2) is 0 Å². The predicted octanol–water partition coefficient (Wildman–Crippen LogP) is 5.39. The van der Waals surface area contributed by atoms with E-state index in [1.807, 2.05) is 18.7 Å². The first-order valence-corrected chi connectivity index (χ1v) is 9.95. The van der Waals surface area contributed by atoms with E-state index in [0.29, 0.717) is 6.61 Å². The molecule has 130 valence electrons. The Hall–Kier alpha value is -1.71. The number of likely N-dealkylation sites (tertiary alicyclic amines) is 1. The quantitative estimate of drug-likeness (QED) is 0.614. The first kappa shape index (κ1) is 16.7. The molecule has 0 radical (unpaired) electrons. The average Bonchev–Trinajstić information content (AvgIpc) is 2.64. The molecule has 0 aromatic heterocycles. The molecule has 4 rings (SSSR count). The lowest BCUT2D eigenvalue weighted by Crippen LogP contribution is -2.27. The lowest BCUT2D eigenvalue weighted by molar-refractivity contribution is 0.313. The van der Waals surface area contributed by atoms with Crippen LogP contribution in [0.15, 0.2) is 51.8 Å². The highest BCUT2D eigenvalue weighted by molar-refractivity contribution is 7.99. The molecule has 2 aromatic rings. The molecule has 0 N–H and O–H groups in total. The minimum Gasteiger partial charge on any atom is -0.494 e. The first-order chi connectivity index (χ1) is 12.2. The number of ether oxygens (including phenoxy) is 1. The highest BCUT2D eigenvalue weighted by Gasteiger charge is 2.27. The molecule has 1 fully saturated rings. The van der Waals surface area contributed by atoms with Crippen LogP contribution in [0, 0.1) is 6.92 Å². The van der Waals surface area contributed by atoms with Crippen molar-refractivity contribution in [2.24, 2.45) is 0 Å². The Morgan fingerprint density at radius 1 is 1.04 bits per heavy atom. The molecule has 0 amide bonds. The second kappa shape index (κ2) is 6.89. The van der Waals surface area contributed by atoms with E-state index in [2.05, 4.69) is 55.3 Å². The van der Waals surface area contributed by atoms with Crippen LogP contribution in [0.2, 0.25) is 0 Å². The molecule has 1 saturated heterocycles. The predicted molar refractivity (Wildman–Crippen MR) is 106 cm³/mol. The highest BCUT2D eigenvalue weighted by Crippen LogP contribution is 2.50. The molecule has 0 spiro atoms. The summed E-state index contributed by atoms with van der Waals surface area (Å²) in [6.07, 6.45) is 2.33. The summed E-state index contributed by atoms with van der Waals surface area (Å²) in [5, 5.41) is 0. The Bertz CT molecular complexity index is 830.